The van der Waals surface area contributed by atoms with Crippen molar-refractivity contribution in [3.8, 4) is 0 Å². The second-order valence-corrected chi connectivity index (χ2v) is 6.43. The molecule has 19 heavy (non-hydrogen) atoms. The third-order valence-electron chi connectivity index (χ3n) is 4.12. The minimum atomic E-state index is 0.188. The SMILES string of the molecule is ICC1(OCCCc2ccccc2)CCCCCC1. The Balaban J connectivity index is 1.73. The lowest BCUT2D eigenvalue weighted by atomic mass is 9.97. The lowest BCUT2D eigenvalue weighted by Gasteiger charge is -2.31. The van der Waals surface area contributed by atoms with Crippen molar-refractivity contribution in [1.82, 2.24) is 0 Å². The molecule has 1 fully saturated rings. The van der Waals surface area contributed by atoms with Gasteiger partial charge >= 0.3 is 0 Å². The third-order valence-corrected chi connectivity index (χ3v) is 5.51. The van der Waals surface area contributed by atoms with Gasteiger partial charge in [-0.05, 0) is 31.2 Å². The maximum absolute atomic E-state index is 6.31. The van der Waals surface area contributed by atoms with E-state index in [9.17, 15) is 0 Å². The number of halogens is 1. The Morgan fingerprint density at radius 1 is 1.00 bits per heavy atom. The Labute approximate surface area is 131 Å². The first-order valence-electron chi connectivity index (χ1n) is 7.58. The minimum absolute atomic E-state index is 0.188. The van der Waals surface area contributed by atoms with Gasteiger partial charge in [0.25, 0.3) is 0 Å². The van der Waals surface area contributed by atoms with E-state index < -0.39 is 0 Å². The number of aryl methyl sites for hydroxylation is 1. The standard InChI is InChI=1S/C17H25IO/c18-15-17(12-6-1-2-7-13-17)19-14-8-11-16-9-4-3-5-10-16/h3-5,9-10H,1-2,6-8,11-15H2. The Morgan fingerprint density at radius 2 is 1.68 bits per heavy atom. The molecule has 0 amide bonds. The fraction of sp³-hybridized carbons (Fsp3) is 0.647. The molecule has 0 unspecified atom stereocenters. The van der Waals surface area contributed by atoms with Gasteiger partial charge in [-0.3, -0.25) is 0 Å². The average molecular weight is 372 g/mol. The number of hydrogen-bond donors (Lipinski definition) is 0. The molecule has 0 heterocycles. The van der Waals surface area contributed by atoms with E-state index in [0.29, 0.717) is 0 Å². The molecule has 106 valence electrons. The zero-order valence-electron chi connectivity index (χ0n) is 11.7. The Bertz CT molecular complexity index is 342. The highest BCUT2D eigenvalue weighted by Crippen LogP contribution is 2.32. The van der Waals surface area contributed by atoms with Crippen LogP contribution in [0.15, 0.2) is 30.3 Å². The summed E-state index contributed by atoms with van der Waals surface area (Å²) in [6.45, 7) is 0.915. The summed E-state index contributed by atoms with van der Waals surface area (Å²) in [4.78, 5) is 0. The van der Waals surface area contributed by atoms with E-state index >= 15 is 0 Å². The van der Waals surface area contributed by atoms with E-state index in [0.717, 1.165) is 23.9 Å². The number of hydrogen-bond acceptors (Lipinski definition) is 1. The van der Waals surface area contributed by atoms with E-state index in [1.165, 1.54) is 44.1 Å². The van der Waals surface area contributed by atoms with Crippen LogP contribution in [0.5, 0.6) is 0 Å². The van der Waals surface area contributed by atoms with E-state index in [1.807, 2.05) is 0 Å². The Morgan fingerprint density at radius 3 is 2.32 bits per heavy atom. The minimum Gasteiger partial charge on any atom is -0.374 e. The van der Waals surface area contributed by atoms with Crippen LogP contribution < -0.4 is 0 Å². The molecule has 0 N–H and O–H groups in total. The summed E-state index contributed by atoms with van der Waals surface area (Å²) < 4.78 is 7.46. The van der Waals surface area contributed by atoms with Crippen molar-refractivity contribution >= 4 is 22.6 Å². The molecule has 0 aliphatic heterocycles. The molecule has 1 saturated carbocycles. The van der Waals surface area contributed by atoms with Crippen LogP contribution in [-0.4, -0.2) is 16.6 Å². The lowest BCUT2D eigenvalue weighted by Crippen LogP contribution is -2.34. The summed E-state index contributed by atoms with van der Waals surface area (Å²) in [5.41, 5.74) is 1.61. The molecule has 0 spiro atoms. The van der Waals surface area contributed by atoms with Gasteiger partial charge in [0.2, 0.25) is 0 Å². The van der Waals surface area contributed by atoms with Gasteiger partial charge in [0, 0.05) is 11.0 Å². The predicted octanol–water partition coefficient (Wildman–Crippen LogP) is 5.16. The zero-order chi connectivity index (χ0) is 13.4. The molecular formula is C17H25IO. The molecule has 0 aromatic heterocycles. The van der Waals surface area contributed by atoms with Crippen LogP contribution in [0.4, 0.5) is 0 Å². The highest BCUT2D eigenvalue weighted by atomic mass is 127. The van der Waals surface area contributed by atoms with Gasteiger partial charge in [0.15, 0.2) is 0 Å². The van der Waals surface area contributed by atoms with Crippen LogP contribution in [0.25, 0.3) is 0 Å². The molecule has 0 atom stereocenters. The van der Waals surface area contributed by atoms with Gasteiger partial charge in [-0.1, -0.05) is 78.6 Å². The van der Waals surface area contributed by atoms with Crippen molar-refractivity contribution < 1.29 is 4.74 Å². The first-order chi connectivity index (χ1) is 9.35. The fourth-order valence-corrected chi connectivity index (χ4v) is 3.88. The molecule has 1 aliphatic carbocycles. The van der Waals surface area contributed by atoms with Gasteiger partial charge in [0.05, 0.1) is 5.60 Å². The molecule has 1 aromatic carbocycles. The van der Waals surface area contributed by atoms with Gasteiger partial charge in [0.1, 0.15) is 0 Å². The maximum Gasteiger partial charge on any atom is 0.0771 e. The summed E-state index contributed by atoms with van der Waals surface area (Å²) in [6.07, 6.45) is 10.3. The molecule has 2 heteroatoms. The smallest absolute Gasteiger partial charge is 0.0771 e. The van der Waals surface area contributed by atoms with Crippen LogP contribution in [0.1, 0.15) is 50.5 Å². The van der Waals surface area contributed by atoms with Gasteiger partial charge in [-0.15, -0.1) is 0 Å². The topological polar surface area (TPSA) is 9.23 Å². The van der Waals surface area contributed by atoms with Crippen molar-refractivity contribution in [2.24, 2.45) is 0 Å². The maximum atomic E-state index is 6.31. The Kier molecular flexibility index (Phi) is 6.65. The van der Waals surface area contributed by atoms with Crippen LogP contribution in [-0.2, 0) is 11.2 Å². The highest BCUT2D eigenvalue weighted by Gasteiger charge is 2.30. The van der Waals surface area contributed by atoms with Crippen molar-refractivity contribution in [2.45, 2.75) is 57.0 Å². The summed E-state index contributed by atoms with van der Waals surface area (Å²) in [6, 6.07) is 10.7. The van der Waals surface area contributed by atoms with Gasteiger partial charge in [-0.25, -0.2) is 0 Å². The summed E-state index contributed by atoms with van der Waals surface area (Å²) >= 11 is 2.52. The van der Waals surface area contributed by atoms with Crippen LogP contribution >= 0.6 is 22.6 Å². The Hall–Kier alpha value is -0.0900. The zero-order valence-corrected chi connectivity index (χ0v) is 13.9. The third kappa shape index (κ3) is 5.07. The number of rotatable bonds is 6. The van der Waals surface area contributed by atoms with Gasteiger partial charge in [-0.2, -0.15) is 0 Å². The van der Waals surface area contributed by atoms with Crippen molar-refractivity contribution in [3.05, 3.63) is 35.9 Å². The number of ether oxygens (including phenoxy) is 1. The average Bonchev–Trinajstić information content (AvgIpc) is 2.71. The molecule has 0 bridgehead atoms. The largest absolute Gasteiger partial charge is 0.374 e. The van der Waals surface area contributed by atoms with Crippen LogP contribution in [0.2, 0.25) is 0 Å². The molecule has 2 rings (SSSR count). The monoisotopic (exact) mass is 372 g/mol. The normalized spacial score (nSPS) is 19.0. The summed E-state index contributed by atoms with van der Waals surface area (Å²) in [5.74, 6) is 0. The summed E-state index contributed by atoms with van der Waals surface area (Å²) in [5, 5.41) is 0. The second kappa shape index (κ2) is 8.25. The predicted molar refractivity (Wildman–Crippen MR) is 90.0 cm³/mol. The van der Waals surface area contributed by atoms with Crippen molar-refractivity contribution in [3.63, 3.8) is 0 Å². The van der Waals surface area contributed by atoms with Gasteiger partial charge < -0.3 is 4.74 Å². The first kappa shape index (κ1) is 15.3. The fourth-order valence-electron chi connectivity index (χ4n) is 2.90. The summed E-state index contributed by atoms with van der Waals surface area (Å²) in [7, 11) is 0. The van der Waals surface area contributed by atoms with Crippen LogP contribution in [0.3, 0.4) is 0 Å². The quantitative estimate of drug-likeness (QED) is 0.290. The van der Waals surface area contributed by atoms with Crippen molar-refractivity contribution in [1.29, 1.82) is 0 Å². The van der Waals surface area contributed by atoms with E-state index in [4.69, 9.17) is 4.74 Å². The highest BCUT2D eigenvalue weighted by molar-refractivity contribution is 14.1. The second-order valence-electron chi connectivity index (χ2n) is 5.67. The molecular weight excluding hydrogens is 347 g/mol. The molecule has 1 aliphatic rings. The molecule has 1 aromatic rings. The number of alkyl halides is 1. The van der Waals surface area contributed by atoms with E-state index in [1.54, 1.807) is 0 Å². The molecule has 1 nitrogen and oxygen atoms in total. The molecule has 0 saturated heterocycles. The van der Waals surface area contributed by atoms with E-state index in [2.05, 4.69) is 52.9 Å². The van der Waals surface area contributed by atoms with Crippen molar-refractivity contribution in [2.75, 3.05) is 11.0 Å². The van der Waals surface area contributed by atoms with E-state index in [-0.39, 0.29) is 5.60 Å². The number of benzene rings is 1. The first-order valence-corrected chi connectivity index (χ1v) is 9.11. The molecule has 0 radical (unpaired) electrons. The lowest BCUT2D eigenvalue weighted by molar-refractivity contribution is -0.0369. The van der Waals surface area contributed by atoms with Crippen LogP contribution in [0, 0.1) is 0 Å².